The van der Waals surface area contributed by atoms with E-state index in [1.54, 1.807) is 0 Å². The second-order valence-corrected chi connectivity index (χ2v) is 9.28. The lowest BCUT2D eigenvalue weighted by atomic mass is 9.51. The first kappa shape index (κ1) is 14.9. The number of hydrogen-bond acceptors (Lipinski definition) is 4. The number of rotatable bonds is 1. The molecule has 5 rings (SSSR count). The molecule has 1 heterocycles. The maximum absolute atomic E-state index is 12.6. The summed E-state index contributed by atoms with van der Waals surface area (Å²) in [5.41, 5.74) is -1.36. The summed E-state index contributed by atoms with van der Waals surface area (Å²) in [5, 5.41) is 10.2. The Morgan fingerprint density at radius 2 is 2.00 bits per heavy atom. The van der Waals surface area contributed by atoms with Gasteiger partial charge >= 0.3 is 11.9 Å². The van der Waals surface area contributed by atoms with Crippen LogP contribution in [0.1, 0.15) is 51.9 Å². The molecule has 1 saturated heterocycles. The number of carbonyl (C=O) groups excluding carboxylic acids is 2. The highest BCUT2D eigenvalue weighted by Crippen LogP contribution is 2.77. The Kier molecular flexibility index (Phi) is 2.63. The molecule has 1 spiro atoms. The third-order valence-corrected chi connectivity index (χ3v) is 8.58. The van der Waals surface area contributed by atoms with Crippen molar-refractivity contribution in [1.29, 1.82) is 0 Å². The van der Waals surface area contributed by atoms with Crippen molar-refractivity contribution in [2.45, 2.75) is 51.9 Å². The van der Waals surface area contributed by atoms with Crippen LogP contribution < -0.4 is 0 Å². The molecule has 5 fully saturated rings. The molecule has 0 aromatic rings. The highest BCUT2D eigenvalue weighted by atomic mass is 16.5. The average molecular weight is 332 g/mol. The van der Waals surface area contributed by atoms with E-state index in [-0.39, 0.29) is 34.9 Å². The van der Waals surface area contributed by atoms with Crippen LogP contribution in [0.25, 0.3) is 0 Å². The van der Waals surface area contributed by atoms with E-state index in [0.29, 0.717) is 19.4 Å². The number of carboxylic acid groups (broad SMARTS) is 1. The normalized spacial score (nSPS) is 54.9. The molecule has 0 aromatic heterocycles. The predicted octanol–water partition coefficient (Wildman–Crippen LogP) is 2.43. The molecule has 1 N–H and O–H groups in total. The third kappa shape index (κ3) is 1.39. The first-order valence-electron chi connectivity index (χ1n) is 9.28. The van der Waals surface area contributed by atoms with E-state index >= 15 is 0 Å². The molecule has 4 bridgehead atoms. The molecular weight excluding hydrogens is 308 g/mol. The van der Waals surface area contributed by atoms with Crippen molar-refractivity contribution in [3.05, 3.63) is 0 Å². The van der Waals surface area contributed by atoms with Crippen molar-refractivity contribution in [3.63, 3.8) is 0 Å². The number of fused-ring (bicyclic) bond motifs is 1. The Bertz CT molecular complexity index is 671. The van der Waals surface area contributed by atoms with E-state index in [1.165, 1.54) is 0 Å². The standard InChI is InChI=1S/C19H24O5/c1-17-5-2-6-18(9-24-16(17)23)12-4-3-10-7-19(12,8-11(10)20)13(14(17)18)15(21)22/h10,12-14H,2-9H2,1H3,(H,21,22)/t10-,12+,13-,14-,17-,18-,19-/m1/s1. The predicted molar refractivity (Wildman–Crippen MR) is 82.9 cm³/mol. The summed E-state index contributed by atoms with van der Waals surface area (Å²) < 4.78 is 5.64. The van der Waals surface area contributed by atoms with Crippen molar-refractivity contribution < 1.29 is 24.2 Å². The Morgan fingerprint density at radius 1 is 1.21 bits per heavy atom. The van der Waals surface area contributed by atoms with Crippen molar-refractivity contribution in [1.82, 2.24) is 0 Å². The van der Waals surface area contributed by atoms with E-state index in [9.17, 15) is 19.5 Å². The minimum Gasteiger partial charge on any atom is -0.481 e. The lowest BCUT2D eigenvalue weighted by Gasteiger charge is -2.55. The van der Waals surface area contributed by atoms with E-state index in [0.717, 1.165) is 32.1 Å². The molecule has 130 valence electrons. The van der Waals surface area contributed by atoms with E-state index in [4.69, 9.17) is 4.74 Å². The highest BCUT2D eigenvalue weighted by molar-refractivity contribution is 5.88. The molecule has 4 aliphatic carbocycles. The molecule has 1 aliphatic heterocycles. The number of Topliss-reactive ketones (excluding diaryl/α,β-unsaturated/α-hetero) is 1. The van der Waals surface area contributed by atoms with Crippen LogP contribution in [-0.2, 0) is 19.1 Å². The van der Waals surface area contributed by atoms with Crippen molar-refractivity contribution in [2.24, 2.45) is 39.9 Å². The van der Waals surface area contributed by atoms with Gasteiger partial charge in [0.15, 0.2) is 0 Å². The van der Waals surface area contributed by atoms with Gasteiger partial charge in [-0.05, 0) is 56.3 Å². The van der Waals surface area contributed by atoms with Crippen LogP contribution in [0.15, 0.2) is 0 Å². The Balaban J connectivity index is 1.75. The summed E-state index contributed by atoms with van der Waals surface area (Å²) in [6.07, 6.45) is 5.54. The van der Waals surface area contributed by atoms with Crippen LogP contribution in [-0.4, -0.2) is 29.4 Å². The fourth-order valence-electron chi connectivity index (χ4n) is 8.01. The highest BCUT2D eigenvalue weighted by Gasteiger charge is 2.78. The minimum absolute atomic E-state index is 0.0453. The SMILES string of the molecule is C[C@]12CCC[C@@]3(COC1=O)[C@@H]1CC[C@@H]4C[C@]1(CC4=O)[C@@H](C(=O)O)[C@@H]32. The van der Waals surface area contributed by atoms with Gasteiger partial charge in [-0.15, -0.1) is 0 Å². The fraction of sp³-hybridized carbons (Fsp3) is 0.842. The number of esters is 1. The van der Waals surface area contributed by atoms with Gasteiger partial charge in [0, 0.05) is 17.8 Å². The Labute approximate surface area is 141 Å². The van der Waals surface area contributed by atoms with Crippen LogP contribution in [0.2, 0.25) is 0 Å². The fourth-order valence-corrected chi connectivity index (χ4v) is 8.01. The van der Waals surface area contributed by atoms with Crippen LogP contribution >= 0.6 is 0 Å². The number of carboxylic acids is 1. The second-order valence-electron chi connectivity index (χ2n) is 9.28. The van der Waals surface area contributed by atoms with Gasteiger partial charge in [-0.25, -0.2) is 0 Å². The van der Waals surface area contributed by atoms with Gasteiger partial charge in [0.25, 0.3) is 0 Å². The number of hydrogen-bond donors (Lipinski definition) is 1. The Hall–Kier alpha value is -1.39. The molecule has 0 radical (unpaired) electrons. The van der Waals surface area contributed by atoms with Gasteiger partial charge in [-0.1, -0.05) is 6.42 Å². The van der Waals surface area contributed by atoms with Crippen LogP contribution in [0.5, 0.6) is 0 Å². The van der Waals surface area contributed by atoms with Crippen molar-refractivity contribution >= 4 is 17.7 Å². The van der Waals surface area contributed by atoms with Gasteiger partial charge < -0.3 is 9.84 Å². The zero-order valence-electron chi connectivity index (χ0n) is 14.0. The molecule has 7 atom stereocenters. The molecule has 0 aromatic carbocycles. The van der Waals surface area contributed by atoms with E-state index in [1.807, 2.05) is 6.92 Å². The number of ether oxygens (including phenoxy) is 1. The maximum Gasteiger partial charge on any atom is 0.312 e. The lowest BCUT2D eigenvalue weighted by Crippen LogP contribution is -2.58. The molecule has 5 heteroatoms. The van der Waals surface area contributed by atoms with Crippen LogP contribution in [0.4, 0.5) is 0 Å². The molecule has 4 saturated carbocycles. The molecular formula is C19H24O5. The molecule has 0 unspecified atom stereocenters. The zero-order chi connectivity index (χ0) is 16.9. The summed E-state index contributed by atoms with van der Waals surface area (Å²) in [4.78, 5) is 37.5. The maximum atomic E-state index is 12.6. The summed E-state index contributed by atoms with van der Waals surface area (Å²) in [6.45, 7) is 2.28. The van der Waals surface area contributed by atoms with Gasteiger partial charge in [-0.3, -0.25) is 14.4 Å². The Morgan fingerprint density at radius 3 is 2.75 bits per heavy atom. The molecule has 0 amide bonds. The smallest absolute Gasteiger partial charge is 0.312 e. The van der Waals surface area contributed by atoms with Gasteiger partial charge in [0.1, 0.15) is 5.78 Å². The first-order chi connectivity index (χ1) is 11.4. The van der Waals surface area contributed by atoms with Gasteiger partial charge in [0.2, 0.25) is 0 Å². The molecule has 5 nitrogen and oxygen atoms in total. The topological polar surface area (TPSA) is 80.7 Å². The quantitative estimate of drug-likeness (QED) is 0.746. The van der Waals surface area contributed by atoms with Crippen molar-refractivity contribution in [3.8, 4) is 0 Å². The summed E-state index contributed by atoms with van der Waals surface area (Å²) in [5.74, 6) is -1.25. The summed E-state index contributed by atoms with van der Waals surface area (Å²) in [7, 11) is 0. The number of cyclic esters (lactones) is 1. The zero-order valence-corrected chi connectivity index (χ0v) is 14.0. The lowest BCUT2D eigenvalue weighted by molar-refractivity contribution is -0.200. The summed E-state index contributed by atoms with van der Waals surface area (Å²) in [6, 6.07) is 0. The monoisotopic (exact) mass is 332 g/mol. The second kappa shape index (κ2) is 4.23. The average Bonchev–Trinajstić information content (AvgIpc) is 2.93. The number of carbonyl (C=O) groups is 3. The van der Waals surface area contributed by atoms with Gasteiger partial charge in [0.05, 0.1) is 17.9 Å². The van der Waals surface area contributed by atoms with E-state index < -0.39 is 22.7 Å². The number of ketones is 1. The van der Waals surface area contributed by atoms with Gasteiger partial charge in [-0.2, -0.15) is 0 Å². The first-order valence-corrected chi connectivity index (χ1v) is 9.28. The molecule has 24 heavy (non-hydrogen) atoms. The minimum atomic E-state index is -0.801. The molecule has 5 aliphatic rings. The third-order valence-electron chi connectivity index (χ3n) is 8.58. The van der Waals surface area contributed by atoms with Crippen LogP contribution in [0.3, 0.4) is 0 Å². The van der Waals surface area contributed by atoms with Crippen LogP contribution in [0, 0.1) is 39.9 Å². The van der Waals surface area contributed by atoms with Crippen molar-refractivity contribution in [2.75, 3.05) is 6.61 Å². The van der Waals surface area contributed by atoms with E-state index in [2.05, 4.69) is 0 Å². The largest absolute Gasteiger partial charge is 0.481 e. The number of aliphatic carboxylic acids is 1. The summed E-state index contributed by atoms with van der Waals surface area (Å²) >= 11 is 0.